The van der Waals surface area contributed by atoms with Crippen molar-refractivity contribution in [2.24, 2.45) is 11.8 Å². The van der Waals surface area contributed by atoms with E-state index in [9.17, 15) is 9.59 Å². The highest BCUT2D eigenvalue weighted by Gasteiger charge is 2.42. The molecular formula is C31H30N4O3. The Kier molecular flexibility index (Phi) is 5.73. The van der Waals surface area contributed by atoms with Gasteiger partial charge in [0.05, 0.1) is 23.3 Å². The molecule has 3 aromatic carbocycles. The molecule has 38 heavy (non-hydrogen) atoms. The molecule has 4 aromatic rings. The van der Waals surface area contributed by atoms with Crippen molar-refractivity contribution in [2.45, 2.75) is 19.4 Å². The third-order valence-electron chi connectivity index (χ3n) is 8.32. The molecule has 0 spiro atoms. The number of ether oxygens (including phenoxy) is 1. The summed E-state index contributed by atoms with van der Waals surface area (Å²) < 4.78 is 5.96. The summed E-state index contributed by atoms with van der Waals surface area (Å²) in [6, 6.07) is 22.2. The summed E-state index contributed by atoms with van der Waals surface area (Å²) in [5, 5.41) is 8.45. The number of H-pyrrole nitrogens is 1. The van der Waals surface area contributed by atoms with Gasteiger partial charge in [-0.25, -0.2) is 5.10 Å². The van der Waals surface area contributed by atoms with Gasteiger partial charge in [0.25, 0.3) is 11.5 Å². The number of carbonyl (C=O) groups is 1. The molecule has 192 valence electrons. The summed E-state index contributed by atoms with van der Waals surface area (Å²) in [6.45, 7) is 5.21. The van der Waals surface area contributed by atoms with E-state index in [1.807, 2.05) is 35.2 Å². The van der Waals surface area contributed by atoms with Crippen LogP contribution in [0, 0.1) is 11.8 Å². The number of amides is 1. The second-order valence-electron chi connectivity index (χ2n) is 10.9. The van der Waals surface area contributed by atoms with Crippen molar-refractivity contribution in [3.63, 3.8) is 0 Å². The van der Waals surface area contributed by atoms with Crippen molar-refractivity contribution in [3.05, 3.63) is 105 Å². The predicted octanol–water partition coefficient (Wildman–Crippen LogP) is 3.65. The van der Waals surface area contributed by atoms with Crippen LogP contribution in [0.4, 0.5) is 0 Å². The molecular weight excluding hydrogens is 476 g/mol. The van der Waals surface area contributed by atoms with E-state index in [-0.39, 0.29) is 11.5 Å². The number of hydrogen-bond acceptors (Lipinski definition) is 5. The Morgan fingerprint density at radius 1 is 0.921 bits per heavy atom. The first-order chi connectivity index (χ1) is 18.6. The fourth-order valence-electron chi connectivity index (χ4n) is 6.53. The summed E-state index contributed by atoms with van der Waals surface area (Å²) in [5.74, 6) is 1.82. The number of hydrogen-bond donors (Lipinski definition) is 1. The van der Waals surface area contributed by atoms with Gasteiger partial charge in [0.15, 0.2) is 0 Å². The van der Waals surface area contributed by atoms with Crippen molar-refractivity contribution >= 4 is 16.7 Å². The van der Waals surface area contributed by atoms with Crippen LogP contribution in [0.3, 0.4) is 0 Å². The van der Waals surface area contributed by atoms with Crippen LogP contribution in [-0.2, 0) is 19.4 Å². The molecule has 2 saturated heterocycles. The van der Waals surface area contributed by atoms with E-state index >= 15 is 0 Å². The lowest BCUT2D eigenvalue weighted by atomic mass is 9.98. The van der Waals surface area contributed by atoms with Crippen LogP contribution in [0.2, 0.25) is 0 Å². The number of nitrogens with zero attached hydrogens (tertiary/aromatic N) is 3. The highest BCUT2D eigenvalue weighted by atomic mass is 16.5. The van der Waals surface area contributed by atoms with E-state index < -0.39 is 0 Å². The Balaban J connectivity index is 1.11. The van der Waals surface area contributed by atoms with Crippen LogP contribution in [0.1, 0.15) is 32.7 Å². The highest BCUT2D eigenvalue weighted by molar-refractivity contribution is 5.98. The Bertz CT molecular complexity index is 1570. The average molecular weight is 507 g/mol. The Labute approximate surface area is 221 Å². The lowest BCUT2D eigenvalue weighted by Crippen LogP contribution is -2.33. The fraction of sp³-hybridized carbons (Fsp3) is 0.323. The normalized spacial score (nSPS) is 20.5. The second-order valence-corrected chi connectivity index (χ2v) is 10.9. The number of likely N-dealkylation sites (tertiary alicyclic amines) is 2. The summed E-state index contributed by atoms with van der Waals surface area (Å²) in [6.07, 6.45) is 1.33. The first-order valence-electron chi connectivity index (χ1n) is 13.4. The lowest BCUT2D eigenvalue weighted by molar-refractivity contribution is 0.0770. The van der Waals surface area contributed by atoms with E-state index in [2.05, 4.69) is 51.5 Å². The van der Waals surface area contributed by atoms with Gasteiger partial charge in [-0.3, -0.25) is 14.5 Å². The van der Waals surface area contributed by atoms with E-state index in [0.29, 0.717) is 35.8 Å². The number of benzene rings is 3. The van der Waals surface area contributed by atoms with Crippen molar-refractivity contribution in [1.82, 2.24) is 20.0 Å². The standard InChI is InChI=1S/C31H30N4O3/c36-30-26-9-5-4-8-25(26)28(32-33-30)14-21-12-22-10-11-38-29(22)27(13-21)31(37)35-18-23-16-34(17-24(23)19-35)15-20-6-2-1-3-7-20/h1-9,12-13,23-24H,10-11,14-19H2,(H,33,36). The second kappa shape index (κ2) is 9.40. The number of aromatic amines is 1. The maximum absolute atomic E-state index is 13.8. The van der Waals surface area contributed by atoms with E-state index in [4.69, 9.17) is 4.74 Å². The first kappa shape index (κ1) is 23.2. The van der Waals surface area contributed by atoms with Gasteiger partial charge in [0, 0.05) is 51.0 Å². The van der Waals surface area contributed by atoms with Gasteiger partial charge in [0.2, 0.25) is 0 Å². The lowest BCUT2D eigenvalue weighted by Gasteiger charge is -2.23. The molecule has 7 heteroatoms. The van der Waals surface area contributed by atoms with Gasteiger partial charge in [-0.1, -0.05) is 54.6 Å². The Hall–Kier alpha value is -3.97. The topological polar surface area (TPSA) is 78.5 Å². The monoisotopic (exact) mass is 506 g/mol. The molecule has 1 aromatic heterocycles. The van der Waals surface area contributed by atoms with Crippen LogP contribution >= 0.6 is 0 Å². The highest BCUT2D eigenvalue weighted by Crippen LogP contribution is 2.37. The van der Waals surface area contributed by atoms with Gasteiger partial charge >= 0.3 is 0 Å². The largest absolute Gasteiger partial charge is 0.492 e. The minimum Gasteiger partial charge on any atom is -0.492 e. The fourth-order valence-corrected chi connectivity index (χ4v) is 6.53. The van der Waals surface area contributed by atoms with Gasteiger partial charge in [-0.05, 0) is 40.7 Å². The average Bonchev–Trinajstić information content (AvgIpc) is 3.66. The molecule has 1 amide bonds. The van der Waals surface area contributed by atoms with Crippen LogP contribution in [0.5, 0.6) is 5.75 Å². The molecule has 2 atom stereocenters. The zero-order valence-electron chi connectivity index (χ0n) is 21.2. The van der Waals surface area contributed by atoms with Crippen LogP contribution in [0.15, 0.2) is 71.5 Å². The first-order valence-corrected chi connectivity index (χ1v) is 13.4. The number of fused-ring (bicyclic) bond motifs is 3. The van der Waals surface area contributed by atoms with Gasteiger partial charge in [-0.2, -0.15) is 5.10 Å². The minimum absolute atomic E-state index is 0.0632. The quantitative estimate of drug-likeness (QED) is 0.447. The van der Waals surface area contributed by atoms with Crippen LogP contribution in [0.25, 0.3) is 10.8 Å². The summed E-state index contributed by atoms with van der Waals surface area (Å²) >= 11 is 0. The Morgan fingerprint density at radius 3 is 2.45 bits per heavy atom. The maximum Gasteiger partial charge on any atom is 0.272 e. The molecule has 3 aliphatic heterocycles. The smallest absolute Gasteiger partial charge is 0.272 e. The molecule has 3 aliphatic rings. The van der Waals surface area contributed by atoms with Gasteiger partial charge < -0.3 is 9.64 Å². The molecule has 0 radical (unpaired) electrons. The molecule has 0 saturated carbocycles. The molecule has 2 fully saturated rings. The SMILES string of the molecule is O=C(c1cc(Cc2n[nH]c(=O)c3ccccc23)cc2c1OCC2)N1CC2CN(Cc3ccccc3)CC2C1. The van der Waals surface area contributed by atoms with Crippen LogP contribution < -0.4 is 10.3 Å². The summed E-state index contributed by atoms with van der Waals surface area (Å²) in [5.41, 5.74) is 4.69. The van der Waals surface area contributed by atoms with Crippen molar-refractivity contribution < 1.29 is 9.53 Å². The molecule has 7 nitrogen and oxygen atoms in total. The van der Waals surface area contributed by atoms with Crippen molar-refractivity contribution in [2.75, 3.05) is 32.8 Å². The Morgan fingerprint density at radius 2 is 1.66 bits per heavy atom. The third kappa shape index (κ3) is 4.17. The molecule has 1 N–H and O–H groups in total. The third-order valence-corrected chi connectivity index (χ3v) is 8.32. The van der Waals surface area contributed by atoms with Crippen molar-refractivity contribution in [1.29, 1.82) is 0 Å². The van der Waals surface area contributed by atoms with E-state index in [1.54, 1.807) is 0 Å². The molecule has 0 bridgehead atoms. The van der Waals surface area contributed by atoms with Crippen molar-refractivity contribution in [3.8, 4) is 5.75 Å². The zero-order valence-corrected chi connectivity index (χ0v) is 21.2. The minimum atomic E-state index is -0.190. The van der Waals surface area contributed by atoms with Gasteiger partial charge in [-0.15, -0.1) is 0 Å². The number of aromatic nitrogens is 2. The molecule has 4 heterocycles. The van der Waals surface area contributed by atoms with Gasteiger partial charge in [0.1, 0.15) is 5.75 Å². The number of nitrogens with one attached hydrogen (secondary N) is 1. The molecule has 0 aliphatic carbocycles. The summed E-state index contributed by atoms with van der Waals surface area (Å²) in [4.78, 5) is 30.6. The molecule has 2 unspecified atom stereocenters. The maximum atomic E-state index is 13.8. The number of rotatable bonds is 5. The predicted molar refractivity (Wildman–Crippen MR) is 145 cm³/mol. The number of carbonyl (C=O) groups excluding carboxylic acids is 1. The van der Waals surface area contributed by atoms with E-state index in [0.717, 1.165) is 67.1 Å². The summed E-state index contributed by atoms with van der Waals surface area (Å²) in [7, 11) is 0. The van der Waals surface area contributed by atoms with E-state index in [1.165, 1.54) is 5.56 Å². The zero-order chi connectivity index (χ0) is 25.6. The van der Waals surface area contributed by atoms with Crippen LogP contribution in [-0.4, -0.2) is 58.7 Å². The molecule has 7 rings (SSSR count).